The molecule has 31 heavy (non-hydrogen) atoms. The molecule has 0 bridgehead atoms. The molecular weight excluding hydrogens is 412 g/mol. The van der Waals surface area contributed by atoms with Crippen LogP contribution in [-0.4, -0.2) is 21.8 Å². The van der Waals surface area contributed by atoms with Gasteiger partial charge in [0.25, 0.3) is 11.7 Å². The minimum absolute atomic E-state index is 0.00338. The minimum Gasteiger partial charge on any atom is -0.507 e. The van der Waals surface area contributed by atoms with Gasteiger partial charge in [0.15, 0.2) is 0 Å². The zero-order valence-electron chi connectivity index (χ0n) is 17.4. The van der Waals surface area contributed by atoms with E-state index in [4.69, 9.17) is 11.6 Å². The monoisotopic (exact) mass is 432 g/mol. The van der Waals surface area contributed by atoms with Gasteiger partial charge >= 0.3 is 0 Å². The molecule has 2 aromatic carbocycles. The highest BCUT2D eigenvalue weighted by molar-refractivity contribution is 6.51. The van der Waals surface area contributed by atoms with Gasteiger partial charge in [0, 0.05) is 22.5 Å². The number of anilines is 1. The summed E-state index contributed by atoms with van der Waals surface area (Å²) >= 11 is 6.30. The van der Waals surface area contributed by atoms with Gasteiger partial charge < -0.3 is 5.11 Å². The summed E-state index contributed by atoms with van der Waals surface area (Å²) in [5.41, 5.74) is 4.31. The zero-order valence-corrected chi connectivity index (χ0v) is 18.1. The molecule has 1 amide bonds. The molecule has 1 saturated heterocycles. The number of carbonyl (C=O) groups is 2. The van der Waals surface area contributed by atoms with Crippen molar-refractivity contribution >= 4 is 34.7 Å². The first-order chi connectivity index (χ1) is 14.8. The van der Waals surface area contributed by atoms with Gasteiger partial charge in [0.05, 0.1) is 11.3 Å². The number of amides is 1. The fraction of sp³-hybridized carbons (Fsp3) is 0.160. The normalized spacial score (nSPS) is 17.9. The molecule has 1 unspecified atom stereocenters. The van der Waals surface area contributed by atoms with Crippen LogP contribution in [0.5, 0.6) is 0 Å². The Hall–Kier alpha value is -3.44. The molecule has 0 saturated carbocycles. The van der Waals surface area contributed by atoms with Crippen LogP contribution in [0, 0.1) is 20.8 Å². The van der Waals surface area contributed by atoms with Crippen molar-refractivity contribution in [2.75, 3.05) is 4.90 Å². The number of hydrogen-bond acceptors (Lipinski definition) is 4. The summed E-state index contributed by atoms with van der Waals surface area (Å²) in [4.78, 5) is 32.0. The second-order valence-electron chi connectivity index (χ2n) is 7.66. The van der Waals surface area contributed by atoms with Crippen molar-refractivity contribution in [2.45, 2.75) is 26.8 Å². The molecule has 1 aliphatic rings. The van der Waals surface area contributed by atoms with Gasteiger partial charge in [-0.15, -0.1) is 0 Å². The maximum absolute atomic E-state index is 13.1. The molecule has 156 valence electrons. The summed E-state index contributed by atoms with van der Waals surface area (Å²) in [6.07, 6.45) is 1.59. The Morgan fingerprint density at radius 3 is 2.35 bits per heavy atom. The zero-order chi connectivity index (χ0) is 22.3. The van der Waals surface area contributed by atoms with E-state index in [1.807, 2.05) is 26.8 Å². The van der Waals surface area contributed by atoms with E-state index >= 15 is 0 Å². The third-order valence-corrected chi connectivity index (χ3v) is 6.03. The van der Waals surface area contributed by atoms with E-state index in [1.165, 1.54) is 4.90 Å². The largest absolute Gasteiger partial charge is 0.507 e. The maximum Gasteiger partial charge on any atom is 0.300 e. The second-order valence-corrected chi connectivity index (χ2v) is 8.06. The number of hydrogen-bond donors (Lipinski definition) is 1. The lowest BCUT2D eigenvalue weighted by atomic mass is 9.96. The number of nitrogens with zero attached hydrogens (tertiary/aromatic N) is 2. The number of carbonyl (C=O) groups excluding carboxylic acids is 2. The molecule has 1 N–H and O–H groups in total. The Bertz CT molecular complexity index is 1230. The summed E-state index contributed by atoms with van der Waals surface area (Å²) in [7, 11) is 0. The van der Waals surface area contributed by atoms with Gasteiger partial charge in [-0.05, 0) is 67.8 Å². The molecular formula is C25H21ClN2O3. The Balaban J connectivity index is 1.95. The molecule has 3 aromatic rings. The number of aliphatic hydroxyl groups is 1. The van der Waals surface area contributed by atoms with Crippen molar-refractivity contribution in [3.63, 3.8) is 0 Å². The van der Waals surface area contributed by atoms with E-state index in [-0.39, 0.29) is 11.3 Å². The number of pyridine rings is 1. The predicted octanol–water partition coefficient (Wildman–Crippen LogP) is 5.29. The van der Waals surface area contributed by atoms with E-state index in [1.54, 1.807) is 54.7 Å². The van der Waals surface area contributed by atoms with Gasteiger partial charge in [-0.2, -0.15) is 0 Å². The summed E-state index contributed by atoms with van der Waals surface area (Å²) in [6.45, 7) is 5.75. The quantitative estimate of drug-likeness (QED) is 0.347. The van der Waals surface area contributed by atoms with Crippen LogP contribution in [0.3, 0.4) is 0 Å². The molecule has 1 fully saturated rings. The number of halogens is 1. The number of Topliss-reactive ketones (excluding diaryl/α,β-unsaturated/α-hetero) is 1. The van der Waals surface area contributed by atoms with Crippen LogP contribution >= 0.6 is 11.6 Å². The van der Waals surface area contributed by atoms with E-state index < -0.39 is 17.7 Å². The van der Waals surface area contributed by atoms with E-state index in [2.05, 4.69) is 4.98 Å². The summed E-state index contributed by atoms with van der Waals surface area (Å²) in [5.74, 6) is -1.72. The lowest BCUT2D eigenvalue weighted by molar-refractivity contribution is -0.132. The summed E-state index contributed by atoms with van der Waals surface area (Å²) < 4.78 is 0. The van der Waals surface area contributed by atoms with Crippen LogP contribution in [0.2, 0.25) is 5.02 Å². The Morgan fingerprint density at radius 1 is 0.968 bits per heavy atom. The molecule has 0 aliphatic carbocycles. The van der Waals surface area contributed by atoms with Crippen molar-refractivity contribution in [2.24, 2.45) is 0 Å². The molecule has 0 spiro atoms. The number of aliphatic hydroxyl groups excluding tert-OH is 1. The lowest BCUT2D eigenvalue weighted by Crippen LogP contribution is -2.29. The topological polar surface area (TPSA) is 70.5 Å². The van der Waals surface area contributed by atoms with E-state index in [0.29, 0.717) is 22.0 Å². The minimum atomic E-state index is -0.874. The fourth-order valence-electron chi connectivity index (χ4n) is 3.69. The van der Waals surface area contributed by atoms with Gasteiger partial charge in [-0.3, -0.25) is 19.5 Å². The van der Waals surface area contributed by atoms with E-state index in [9.17, 15) is 14.7 Å². The van der Waals surface area contributed by atoms with Crippen molar-refractivity contribution in [1.29, 1.82) is 0 Å². The number of aryl methyl sites for hydroxylation is 3. The predicted molar refractivity (Wildman–Crippen MR) is 121 cm³/mol. The lowest BCUT2D eigenvalue weighted by Gasteiger charge is -2.25. The standard InChI is InChI=1S/C25H21ClN2O3/c1-14-7-9-17(12-16(14)3)23(29)21-22(20-6-4-5-11-27-20)28(25(31)24(21)30)18-10-8-15(2)19(26)13-18/h4-13,22,29H,1-3H3/b23-21+. The fourth-order valence-corrected chi connectivity index (χ4v) is 3.87. The first kappa shape index (κ1) is 20.8. The van der Waals surface area contributed by atoms with Crippen LogP contribution in [0.4, 0.5) is 5.69 Å². The smallest absolute Gasteiger partial charge is 0.300 e. The van der Waals surface area contributed by atoms with Crippen LogP contribution < -0.4 is 4.90 Å². The molecule has 2 heterocycles. The first-order valence-corrected chi connectivity index (χ1v) is 10.2. The maximum atomic E-state index is 13.1. The van der Waals surface area contributed by atoms with E-state index in [0.717, 1.165) is 16.7 Å². The number of benzene rings is 2. The van der Waals surface area contributed by atoms with Crippen molar-refractivity contribution in [1.82, 2.24) is 4.98 Å². The number of aromatic nitrogens is 1. The average Bonchev–Trinajstić information content (AvgIpc) is 3.03. The van der Waals surface area contributed by atoms with Crippen molar-refractivity contribution in [3.05, 3.63) is 99.3 Å². The highest BCUT2D eigenvalue weighted by Gasteiger charge is 2.47. The first-order valence-electron chi connectivity index (χ1n) is 9.85. The van der Waals surface area contributed by atoms with Crippen molar-refractivity contribution in [3.8, 4) is 0 Å². The van der Waals surface area contributed by atoms with Crippen LogP contribution in [0.25, 0.3) is 5.76 Å². The molecule has 0 radical (unpaired) electrons. The van der Waals surface area contributed by atoms with Gasteiger partial charge in [0.1, 0.15) is 11.8 Å². The average molecular weight is 433 g/mol. The Labute approximate surface area is 185 Å². The van der Waals surface area contributed by atoms with Crippen LogP contribution in [0.1, 0.15) is 34.0 Å². The third kappa shape index (κ3) is 3.62. The summed E-state index contributed by atoms with van der Waals surface area (Å²) in [5, 5.41) is 11.6. The molecule has 6 heteroatoms. The van der Waals surface area contributed by atoms with Crippen LogP contribution in [0.15, 0.2) is 66.4 Å². The number of rotatable bonds is 3. The van der Waals surface area contributed by atoms with Gasteiger partial charge in [0.2, 0.25) is 0 Å². The molecule has 1 aromatic heterocycles. The SMILES string of the molecule is Cc1ccc(/C(O)=C2\C(=O)C(=O)N(c3ccc(C)c(Cl)c3)C2c2ccccn2)cc1C. The highest BCUT2D eigenvalue weighted by atomic mass is 35.5. The Morgan fingerprint density at radius 2 is 1.71 bits per heavy atom. The van der Waals surface area contributed by atoms with Gasteiger partial charge in [-0.25, -0.2) is 0 Å². The molecule has 4 rings (SSSR count). The molecule has 1 atom stereocenters. The van der Waals surface area contributed by atoms with Gasteiger partial charge in [-0.1, -0.05) is 35.9 Å². The summed E-state index contributed by atoms with van der Waals surface area (Å²) in [6, 6.07) is 15.0. The third-order valence-electron chi connectivity index (χ3n) is 5.63. The Kier molecular flexibility index (Phi) is 5.38. The number of ketones is 1. The van der Waals surface area contributed by atoms with Crippen LogP contribution in [-0.2, 0) is 9.59 Å². The molecule has 1 aliphatic heterocycles. The van der Waals surface area contributed by atoms with Crippen molar-refractivity contribution < 1.29 is 14.7 Å². The molecule has 5 nitrogen and oxygen atoms in total. The second kappa shape index (κ2) is 8.00. The highest BCUT2D eigenvalue weighted by Crippen LogP contribution is 2.42.